The van der Waals surface area contributed by atoms with Crippen molar-refractivity contribution >= 4 is 27.8 Å². The maximum atomic E-state index is 11.8. The molecule has 0 atom stereocenters. The van der Waals surface area contributed by atoms with Gasteiger partial charge in [0.05, 0.1) is 11.8 Å². The van der Waals surface area contributed by atoms with Crippen molar-refractivity contribution in [3.8, 4) is 0 Å². The first-order chi connectivity index (χ1) is 8.93. The van der Waals surface area contributed by atoms with Gasteiger partial charge in [-0.3, -0.25) is 9.59 Å². The van der Waals surface area contributed by atoms with E-state index in [0.717, 1.165) is 15.6 Å². The molecule has 4 nitrogen and oxygen atoms in total. The molecule has 1 amide bonds. The van der Waals surface area contributed by atoms with Crippen LogP contribution in [0, 0.1) is 12.3 Å². The minimum Gasteiger partial charge on any atom is -0.481 e. The predicted octanol–water partition coefficient (Wildman–Crippen LogP) is 2.28. The van der Waals surface area contributed by atoms with Crippen LogP contribution < -0.4 is 5.32 Å². The highest BCUT2D eigenvalue weighted by molar-refractivity contribution is 9.10. The van der Waals surface area contributed by atoms with Crippen molar-refractivity contribution in [2.75, 3.05) is 6.54 Å². The molecular weight excluding hydrogens is 310 g/mol. The van der Waals surface area contributed by atoms with Gasteiger partial charge < -0.3 is 10.4 Å². The summed E-state index contributed by atoms with van der Waals surface area (Å²) in [5, 5.41) is 11.8. The quantitative estimate of drug-likeness (QED) is 0.872. The largest absolute Gasteiger partial charge is 0.481 e. The van der Waals surface area contributed by atoms with Crippen LogP contribution in [0.3, 0.4) is 0 Å². The Bertz CT molecular complexity index is 523. The lowest BCUT2D eigenvalue weighted by Crippen LogP contribution is -2.35. The van der Waals surface area contributed by atoms with E-state index in [1.807, 2.05) is 25.1 Å². The zero-order chi connectivity index (χ0) is 14.0. The van der Waals surface area contributed by atoms with Gasteiger partial charge in [0, 0.05) is 11.0 Å². The normalized spacial score (nSPS) is 15.9. The molecule has 5 heteroatoms. The highest BCUT2D eigenvalue weighted by Crippen LogP contribution is 2.45. The topological polar surface area (TPSA) is 66.4 Å². The summed E-state index contributed by atoms with van der Waals surface area (Å²) in [6.45, 7) is 2.18. The lowest BCUT2D eigenvalue weighted by Gasteiger charge is -2.12. The molecule has 0 radical (unpaired) electrons. The Hall–Kier alpha value is -1.36. The number of nitrogens with one attached hydrogen (secondary N) is 1. The van der Waals surface area contributed by atoms with Gasteiger partial charge in [-0.2, -0.15) is 0 Å². The smallest absolute Gasteiger partial charge is 0.311 e. The molecule has 19 heavy (non-hydrogen) atoms. The molecule has 0 aliphatic heterocycles. The van der Waals surface area contributed by atoms with Crippen LogP contribution in [0.4, 0.5) is 0 Å². The maximum absolute atomic E-state index is 11.8. The molecular formula is C14H16BrNO3. The van der Waals surface area contributed by atoms with Crippen LogP contribution in [0.5, 0.6) is 0 Å². The van der Waals surface area contributed by atoms with E-state index in [1.165, 1.54) is 0 Å². The van der Waals surface area contributed by atoms with Crippen molar-refractivity contribution in [3.05, 3.63) is 33.8 Å². The third-order valence-corrected chi connectivity index (χ3v) is 4.08. The minimum atomic E-state index is -0.812. The van der Waals surface area contributed by atoms with Crippen LogP contribution in [0.1, 0.15) is 24.0 Å². The number of aliphatic carboxylic acids is 1. The molecule has 0 spiro atoms. The Morgan fingerprint density at radius 1 is 1.42 bits per heavy atom. The number of aryl methyl sites for hydroxylation is 1. The first kappa shape index (κ1) is 14.1. The summed E-state index contributed by atoms with van der Waals surface area (Å²) in [6, 6.07) is 5.76. The zero-order valence-electron chi connectivity index (χ0n) is 10.7. The number of carbonyl (C=O) groups excluding carboxylic acids is 1. The van der Waals surface area contributed by atoms with E-state index >= 15 is 0 Å². The first-order valence-corrected chi connectivity index (χ1v) is 6.97. The van der Waals surface area contributed by atoms with Gasteiger partial charge in [-0.1, -0.05) is 22.0 Å². The molecule has 0 saturated heterocycles. The van der Waals surface area contributed by atoms with Gasteiger partial charge in [0.15, 0.2) is 0 Å². The molecule has 102 valence electrons. The number of carboxylic acid groups (broad SMARTS) is 1. The molecule has 2 rings (SSSR count). The third kappa shape index (κ3) is 3.35. The van der Waals surface area contributed by atoms with E-state index in [2.05, 4.69) is 21.2 Å². The van der Waals surface area contributed by atoms with E-state index in [9.17, 15) is 9.59 Å². The highest BCUT2D eigenvalue weighted by Gasteiger charge is 2.50. The fraction of sp³-hybridized carbons (Fsp3) is 0.429. The first-order valence-electron chi connectivity index (χ1n) is 6.18. The number of carboxylic acids is 1. The Morgan fingerprint density at radius 2 is 2.11 bits per heavy atom. The Balaban J connectivity index is 1.89. The second-order valence-electron chi connectivity index (χ2n) is 5.11. The summed E-state index contributed by atoms with van der Waals surface area (Å²) in [5.41, 5.74) is 1.30. The van der Waals surface area contributed by atoms with E-state index in [1.54, 1.807) is 0 Å². The Labute approximate surface area is 120 Å². The summed E-state index contributed by atoms with van der Waals surface area (Å²) >= 11 is 3.38. The van der Waals surface area contributed by atoms with Crippen LogP contribution in [-0.2, 0) is 16.0 Å². The highest BCUT2D eigenvalue weighted by atomic mass is 79.9. The van der Waals surface area contributed by atoms with Gasteiger partial charge in [-0.25, -0.2) is 0 Å². The summed E-state index contributed by atoms with van der Waals surface area (Å²) in [5.74, 6) is -0.939. The van der Waals surface area contributed by atoms with Crippen molar-refractivity contribution in [1.29, 1.82) is 0 Å². The monoisotopic (exact) mass is 325 g/mol. The number of hydrogen-bond donors (Lipinski definition) is 2. The SMILES string of the molecule is Cc1cc(Br)ccc1CC(=O)NCC1(C(=O)O)CC1. The Kier molecular flexibility index (Phi) is 3.94. The van der Waals surface area contributed by atoms with Gasteiger partial charge in [-0.05, 0) is 43.0 Å². The molecule has 0 bridgehead atoms. The average molecular weight is 326 g/mol. The van der Waals surface area contributed by atoms with Crippen LogP contribution in [0.25, 0.3) is 0 Å². The standard InChI is InChI=1S/C14H16BrNO3/c1-9-6-11(15)3-2-10(9)7-12(17)16-8-14(4-5-14)13(18)19/h2-3,6H,4-5,7-8H2,1H3,(H,16,17)(H,18,19). The van der Waals surface area contributed by atoms with Crippen LogP contribution in [-0.4, -0.2) is 23.5 Å². The minimum absolute atomic E-state index is 0.127. The molecule has 0 aromatic heterocycles. The second-order valence-corrected chi connectivity index (χ2v) is 6.03. The lowest BCUT2D eigenvalue weighted by atomic mass is 10.0. The van der Waals surface area contributed by atoms with Crippen LogP contribution in [0.15, 0.2) is 22.7 Å². The zero-order valence-corrected chi connectivity index (χ0v) is 12.3. The molecule has 1 fully saturated rings. The molecule has 2 N–H and O–H groups in total. The van der Waals surface area contributed by atoms with Gasteiger partial charge in [-0.15, -0.1) is 0 Å². The van der Waals surface area contributed by atoms with Gasteiger partial charge >= 0.3 is 5.97 Å². The number of carbonyl (C=O) groups is 2. The number of amides is 1. The maximum Gasteiger partial charge on any atom is 0.311 e. The fourth-order valence-corrected chi connectivity index (χ4v) is 2.45. The average Bonchev–Trinajstić information content (AvgIpc) is 3.11. The predicted molar refractivity (Wildman–Crippen MR) is 74.9 cm³/mol. The van der Waals surface area contributed by atoms with E-state index < -0.39 is 11.4 Å². The molecule has 1 aliphatic rings. The van der Waals surface area contributed by atoms with Crippen molar-refractivity contribution in [2.24, 2.45) is 5.41 Å². The molecule has 1 aliphatic carbocycles. The van der Waals surface area contributed by atoms with Gasteiger partial charge in [0.2, 0.25) is 5.91 Å². The summed E-state index contributed by atoms with van der Waals surface area (Å²) in [4.78, 5) is 22.8. The lowest BCUT2D eigenvalue weighted by molar-refractivity contribution is -0.143. The number of halogens is 1. The molecule has 1 aromatic carbocycles. The van der Waals surface area contributed by atoms with Crippen LogP contribution >= 0.6 is 15.9 Å². The second kappa shape index (κ2) is 5.33. The van der Waals surface area contributed by atoms with Gasteiger partial charge in [0.25, 0.3) is 0 Å². The van der Waals surface area contributed by atoms with E-state index in [4.69, 9.17) is 5.11 Å². The van der Waals surface area contributed by atoms with Crippen molar-refractivity contribution in [2.45, 2.75) is 26.2 Å². The van der Waals surface area contributed by atoms with Crippen molar-refractivity contribution in [1.82, 2.24) is 5.32 Å². The molecule has 1 aromatic rings. The summed E-state index contributed by atoms with van der Waals surface area (Å²) < 4.78 is 0.983. The Morgan fingerprint density at radius 3 is 2.63 bits per heavy atom. The number of hydrogen-bond acceptors (Lipinski definition) is 2. The summed E-state index contributed by atoms with van der Waals surface area (Å²) in [6.07, 6.45) is 1.59. The van der Waals surface area contributed by atoms with E-state index in [-0.39, 0.29) is 18.9 Å². The van der Waals surface area contributed by atoms with E-state index in [0.29, 0.717) is 12.8 Å². The number of rotatable bonds is 5. The molecule has 0 unspecified atom stereocenters. The molecule has 1 saturated carbocycles. The fourth-order valence-electron chi connectivity index (χ4n) is 1.98. The summed E-state index contributed by atoms with van der Waals surface area (Å²) in [7, 11) is 0. The third-order valence-electron chi connectivity index (χ3n) is 3.59. The van der Waals surface area contributed by atoms with Crippen molar-refractivity contribution in [3.63, 3.8) is 0 Å². The number of benzene rings is 1. The van der Waals surface area contributed by atoms with Gasteiger partial charge in [0.1, 0.15) is 0 Å². The molecule has 0 heterocycles. The van der Waals surface area contributed by atoms with Crippen molar-refractivity contribution < 1.29 is 14.7 Å². The van der Waals surface area contributed by atoms with Crippen LogP contribution in [0.2, 0.25) is 0 Å².